The molecule has 0 bridgehead atoms. The van der Waals surface area contributed by atoms with Crippen molar-refractivity contribution in [3.8, 4) is 0 Å². The lowest BCUT2D eigenvalue weighted by Crippen LogP contribution is -2.35. The molecule has 92 valence electrons. The van der Waals surface area contributed by atoms with Crippen LogP contribution in [0.15, 0.2) is 5.38 Å². The molecule has 0 aliphatic heterocycles. The first-order valence-corrected chi connectivity index (χ1v) is 6.85. The van der Waals surface area contributed by atoms with Crippen LogP contribution in [-0.2, 0) is 16.7 Å². The predicted molar refractivity (Wildman–Crippen MR) is 68.8 cm³/mol. The Hall–Kier alpha value is -0.450. The van der Waals surface area contributed by atoms with Crippen LogP contribution in [0.1, 0.15) is 44.3 Å². The predicted octanol–water partition coefficient (Wildman–Crippen LogP) is 2.70. The molecule has 0 radical (unpaired) electrons. The number of ether oxygens (including phenoxy) is 1. The Morgan fingerprint density at radius 3 is 2.62 bits per heavy atom. The van der Waals surface area contributed by atoms with E-state index >= 15 is 0 Å². The maximum Gasteiger partial charge on any atom is 0.0952 e. The average Bonchev–Trinajstić information content (AvgIpc) is 2.78. The molecule has 2 N–H and O–H groups in total. The molecule has 0 aliphatic rings. The number of hydrogen-bond donors (Lipinski definition) is 1. The van der Waals surface area contributed by atoms with Gasteiger partial charge in [-0.25, -0.2) is 4.98 Å². The summed E-state index contributed by atoms with van der Waals surface area (Å²) in [4.78, 5) is 4.61. The number of nitrogens with two attached hydrogens (primary N) is 1. The van der Waals surface area contributed by atoms with Crippen LogP contribution >= 0.6 is 11.3 Å². The summed E-state index contributed by atoms with van der Waals surface area (Å²) in [7, 11) is 0. The van der Waals surface area contributed by atoms with Gasteiger partial charge >= 0.3 is 0 Å². The van der Waals surface area contributed by atoms with Gasteiger partial charge in [0.1, 0.15) is 0 Å². The second-order valence-corrected chi connectivity index (χ2v) is 4.88. The minimum Gasteiger partial charge on any atom is -0.381 e. The van der Waals surface area contributed by atoms with Crippen LogP contribution < -0.4 is 5.73 Å². The van der Waals surface area contributed by atoms with E-state index in [0.717, 1.165) is 43.2 Å². The molecule has 1 rings (SSSR count). The average molecular weight is 242 g/mol. The molecule has 0 aromatic carbocycles. The third kappa shape index (κ3) is 3.27. The zero-order valence-corrected chi connectivity index (χ0v) is 11.3. The monoisotopic (exact) mass is 242 g/mol. The molecule has 4 heteroatoms. The number of hydrogen-bond acceptors (Lipinski definition) is 4. The van der Waals surface area contributed by atoms with Gasteiger partial charge in [-0.1, -0.05) is 13.8 Å². The van der Waals surface area contributed by atoms with Gasteiger partial charge in [-0.2, -0.15) is 0 Å². The van der Waals surface area contributed by atoms with Crippen LogP contribution in [0.25, 0.3) is 0 Å². The number of thiazole rings is 1. The van der Waals surface area contributed by atoms with E-state index in [4.69, 9.17) is 10.5 Å². The van der Waals surface area contributed by atoms with Gasteiger partial charge in [0.25, 0.3) is 0 Å². The molecule has 1 aromatic rings. The van der Waals surface area contributed by atoms with Crippen molar-refractivity contribution < 1.29 is 4.74 Å². The fourth-order valence-electron chi connectivity index (χ4n) is 1.57. The molecule has 0 fully saturated rings. The molecule has 0 saturated carbocycles. The molecule has 0 spiro atoms. The summed E-state index contributed by atoms with van der Waals surface area (Å²) in [5, 5.41) is 3.22. The maximum atomic E-state index is 6.30. The van der Waals surface area contributed by atoms with Crippen molar-refractivity contribution in [3.63, 3.8) is 0 Å². The highest BCUT2D eigenvalue weighted by Gasteiger charge is 2.25. The minimum absolute atomic E-state index is 0.250. The van der Waals surface area contributed by atoms with Crippen molar-refractivity contribution in [2.24, 2.45) is 5.73 Å². The van der Waals surface area contributed by atoms with Crippen LogP contribution in [0.5, 0.6) is 0 Å². The maximum absolute atomic E-state index is 6.30. The smallest absolute Gasteiger partial charge is 0.0952 e. The Kier molecular flexibility index (Phi) is 5.38. The fraction of sp³-hybridized carbons (Fsp3) is 0.750. The Morgan fingerprint density at radius 2 is 2.06 bits per heavy atom. The minimum atomic E-state index is -0.250. The molecule has 0 saturated heterocycles. The van der Waals surface area contributed by atoms with E-state index in [9.17, 15) is 0 Å². The van der Waals surface area contributed by atoms with Crippen molar-refractivity contribution >= 4 is 11.3 Å². The molecule has 3 nitrogen and oxygen atoms in total. The van der Waals surface area contributed by atoms with Gasteiger partial charge in [-0.05, 0) is 19.8 Å². The molecule has 1 heterocycles. The summed E-state index contributed by atoms with van der Waals surface area (Å²) in [6, 6.07) is 0. The first-order valence-electron chi connectivity index (χ1n) is 5.97. The van der Waals surface area contributed by atoms with Crippen molar-refractivity contribution in [3.05, 3.63) is 16.1 Å². The summed E-state index contributed by atoms with van der Waals surface area (Å²) < 4.78 is 5.32. The first-order chi connectivity index (χ1) is 7.66. The Balaban J connectivity index is 2.63. The zero-order chi connectivity index (χ0) is 12.0. The Labute approximate surface area is 102 Å². The van der Waals surface area contributed by atoms with Gasteiger partial charge in [0.15, 0.2) is 0 Å². The van der Waals surface area contributed by atoms with E-state index in [1.807, 2.05) is 6.92 Å². The van der Waals surface area contributed by atoms with Gasteiger partial charge < -0.3 is 10.5 Å². The summed E-state index contributed by atoms with van der Waals surface area (Å²) in [5.41, 5.74) is 7.09. The summed E-state index contributed by atoms with van der Waals surface area (Å²) >= 11 is 1.69. The largest absolute Gasteiger partial charge is 0.381 e. The lowest BCUT2D eigenvalue weighted by atomic mass is 9.91. The van der Waals surface area contributed by atoms with E-state index in [1.54, 1.807) is 11.3 Å². The van der Waals surface area contributed by atoms with Gasteiger partial charge in [-0.3, -0.25) is 0 Å². The molecule has 0 amide bonds. The second kappa shape index (κ2) is 6.33. The first kappa shape index (κ1) is 13.6. The molecule has 0 aliphatic carbocycles. The van der Waals surface area contributed by atoms with Crippen molar-refractivity contribution in [2.45, 2.75) is 45.6 Å². The second-order valence-electron chi connectivity index (χ2n) is 3.94. The topological polar surface area (TPSA) is 48.1 Å². The van der Waals surface area contributed by atoms with Crippen LogP contribution in [-0.4, -0.2) is 18.2 Å². The molecule has 1 aromatic heterocycles. The van der Waals surface area contributed by atoms with E-state index < -0.39 is 0 Å². The Bertz CT molecular complexity index is 308. The summed E-state index contributed by atoms with van der Waals surface area (Å²) in [5.74, 6) is 0. The third-order valence-corrected chi connectivity index (χ3v) is 3.90. The standard InChI is InChI=1S/C12H22N2OS/c1-4-12(13,5-2)10-9-16-11(14-10)7-8-15-6-3/h9H,4-8,13H2,1-3H3. The van der Waals surface area contributed by atoms with Gasteiger partial charge in [0.05, 0.1) is 22.8 Å². The summed E-state index contributed by atoms with van der Waals surface area (Å²) in [6.07, 6.45) is 2.75. The van der Waals surface area contributed by atoms with E-state index in [-0.39, 0.29) is 5.54 Å². The van der Waals surface area contributed by atoms with E-state index in [1.165, 1.54) is 0 Å². The zero-order valence-electron chi connectivity index (χ0n) is 10.5. The van der Waals surface area contributed by atoms with Gasteiger partial charge in [0.2, 0.25) is 0 Å². The van der Waals surface area contributed by atoms with Gasteiger partial charge in [0, 0.05) is 18.4 Å². The Morgan fingerprint density at radius 1 is 1.38 bits per heavy atom. The summed E-state index contributed by atoms with van der Waals surface area (Å²) in [6.45, 7) is 7.75. The van der Waals surface area contributed by atoms with Crippen LogP contribution in [0.4, 0.5) is 0 Å². The fourth-order valence-corrected chi connectivity index (χ4v) is 2.46. The SMILES string of the molecule is CCOCCc1nc(C(N)(CC)CC)cs1. The number of aromatic nitrogens is 1. The highest BCUT2D eigenvalue weighted by atomic mass is 32.1. The third-order valence-electron chi connectivity index (χ3n) is 2.99. The molecule has 16 heavy (non-hydrogen) atoms. The normalized spacial score (nSPS) is 12.0. The van der Waals surface area contributed by atoms with Crippen LogP contribution in [0.2, 0.25) is 0 Å². The van der Waals surface area contributed by atoms with E-state index in [0.29, 0.717) is 0 Å². The molecule has 0 atom stereocenters. The van der Waals surface area contributed by atoms with Crippen LogP contribution in [0.3, 0.4) is 0 Å². The van der Waals surface area contributed by atoms with Crippen molar-refractivity contribution in [1.82, 2.24) is 4.98 Å². The number of rotatable bonds is 7. The van der Waals surface area contributed by atoms with Crippen LogP contribution in [0, 0.1) is 0 Å². The van der Waals surface area contributed by atoms with Gasteiger partial charge in [-0.15, -0.1) is 11.3 Å². The van der Waals surface area contributed by atoms with Crippen molar-refractivity contribution in [2.75, 3.05) is 13.2 Å². The molecule has 0 unspecified atom stereocenters. The molecular weight excluding hydrogens is 220 g/mol. The number of nitrogens with zero attached hydrogens (tertiary/aromatic N) is 1. The lowest BCUT2D eigenvalue weighted by Gasteiger charge is -2.24. The van der Waals surface area contributed by atoms with E-state index in [2.05, 4.69) is 24.2 Å². The highest BCUT2D eigenvalue weighted by molar-refractivity contribution is 7.09. The lowest BCUT2D eigenvalue weighted by molar-refractivity contribution is 0.151. The van der Waals surface area contributed by atoms with Crippen molar-refractivity contribution in [1.29, 1.82) is 0 Å². The quantitative estimate of drug-likeness (QED) is 0.748. The molecular formula is C12H22N2OS. The highest BCUT2D eigenvalue weighted by Crippen LogP contribution is 2.26.